The average molecular weight is 517 g/mol. The smallest absolute Gasteiger partial charge is 0.259 e. The molecule has 1 N–H and O–H groups in total. The van der Waals surface area contributed by atoms with E-state index in [0.29, 0.717) is 23.6 Å². The number of rotatable bonds is 9. The minimum Gasteiger partial charge on any atom is -0.493 e. The highest BCUT2D eigenvalue weighted by atomic mass is 79.9. The van der Waals surface area contributed by atoms with Crippen molar-refractivity contribution in [1.82, 2.24) is 4.31 Å². The van der Waals surface area contributed by atoms with E-state index < -0.39 is 10.0 Å². The number of hydrogen-bond acceptors (Lipinski definition) is 4. The maximum absolute atomic E-state index is 12.9. The van der Waals surface area contributed by atoms with Gasteiger partial charge in [0.1, 0.15) is 5.75 Å². The van der Waals surface area contributed by atoms with Crippen molar-refractivity contribution < 1.29 is 17.9 Å². The molecule has 0 unspecified atom stereocenters. The van der Waals surface area contributed by atoms with Crippen molar-refractivity contribution in [3.63, 3.8) is 0 Å². The summed E-state index contributed by atoms with van der Waals surface area (Å²) in [5.74, 6) is 0.156. The van der Waals surface area contributed by atoms with Crippen molar-refractivity contribution in [2.45, 2.75) is 24.8 Å². The molecule has 32 heavy (non-hydrogen) atoms. The Morgan fingerprint density at radius 3 is 2.38 bits per heavy atom. The molecule has 0 spiro atoms. The van der Waals surface area contributed by atoms with Gasteiger partial charge >= 0.3 is 0 Å². The third-order valence-electron chi connectivity index (χ3n) is 4.72. The second-order valence-corrected chi connectivity index (χ2v) is 10.2. The SMILES string of the molecule is CCCOc1ccc(Br)cc1C(=O)Nc1ccc(S(=O)(=O)N(C)Cc2ccccc2)cc1. The zero-order chi connectivity index (χ0) is 23.1. The number of benzene rings is 3. The summed E-state index contributed by atoms with van der Waals surface area (Å²) in [5, 5.41) is 2.80. The molecule has 0 atom stereocenters. The Morgan fingerprint density at radius 2 is 1.72 bits per heavy atom. The van der Waals surface area contributed by atoms with E-state index in [2.05, 4.69) is 21.2 Å². The van der Waals surface area contributed by atoms with Gasteiger partial charge < -0.3 is 10.1 Å². The first-order valence-electron chi connectivity index (χ1n) is 10.2. The molecule has 8 heteroatoms. The van der Waals surface area contributed by atoms with Crippen LogP contribution in [0, 0.1) is 0 Å². The van der Waals surface area contributed by atoms with Gasteiger partial charge in [-0.2, -0.15) is 4.31 Å². The molecule has 0 aliphatic heterocycles. The lowest BCUT2D eigenvalue weighted by atomic mass is 10.2. The van der Waals surface area contributed by atoms with Crippen molar-refractivity contribution in [3.05, 3.63) is 88.4 Å². The van der Waals surface area contributed by atoms with Crippen LogP contribution >= 0.6 is 15.9 Å². The minimum absolute atomic E-state index is 0.156. The molecule has 3 aromatic carbocycles. The van der Waals surface area contributed by atoms with Crippen molar-refractivity contribution in [1.29, 1.82) is 0 Å². The first-order chi connectivity index (χ1) is 15.3. The lowest BCUT2D eigenvalue weighted by Crippen LogP contribution is -2.26. The fourth-order valence-electron chi connectivity index (χ4n) is 3.03. The molecule has 3 rings (SSSR count). The summed E-state index contributed by atoms with van der Waals surface area (Å²) in [6, 6.07) is 20.8. The molecule has 0 fully saturated rings. The van der Waals surface area contributed by atoms with Gasteiger partial charge in [0.05, 0.1) is 17.1 Å². The van der Waals surface area contributed by atoms with Crippen molar-refractivity contribution in [2.24, 2.45) is 0 Å². The monoisotopic (exact) mass is 516 g/mol. The molecule has 0 aliphatic carbocycles. The summed E-state index contributed by atoms with van der Waals surface area (Å²) < 4.78 is 33.5. The fraction of sp³-hybridized carbons (Fsp3) is 0.208. The molecule has 0 bridgehead atoms. The number of halogens is 1. The van der Waals surface area contributed by atoms with Crippen LogP contribution in [0.1, 0.15) is 29.3 Å². The molecule has 0 aliphatic rings. The zero-order valence-electron chi connectivity index (χ0n) is 17.9. The number of amides is 1. The Morgan fingerprint density at radius 1 is 1.03 bits per heavy atom. The molecular weight excluding hydrogens is 492 g/mol. The van der Waals surface area contributed by atoms with E-state index in [-0.39, 0.29) is 17.3 Å². The maximum Gasteiger partial charge on any atom is 0.259 e. The van der Waals surface area contributed by atoms with E-state index >= 15 is 0 Å². The van der Waals surface area contributed by atoms with Crippen LogP contribution in [-0.2, 0) is 16.6 Å². The fourth-order valence-corrected chi connectivity index (χ4v) is 4.55. The summed E-state index contributed by atoms with van der Waals surface area (Å²) >= 11 is 3.38. The summed E-state index contributed by atoms with van der Waals surface area (Å²) in [5.41, 5.74) is 1.78. The number of sulfonamides is 1. The van der Waals surface area contributed by atoms with Gasteiger partial charge in [0.25, 0.3) is 5.91 Å². The highest BCUT2D eigenvalue weighted by Gasteiger charge is 2.21. The third kappa shape index (κ3) is 5.97. The third-order valence-corrected chi connectivity index (χ3v) is 7.03. The largest absolute Gasteiger partial charge is 0.493 e. The Balaban J connectivity index is 1.73. The highest BCUT2D eigenvalue weighted by molar-refractivity contribution is 9.10. The summed E-state index contributed by atoms with van der Waals surface area (Å²) in [7, 11) is -2.12. The van der Waals surface area contributed by atoms with E-state index in [4.69, 9.17) is 4.74 Å². The molecule has 168 valence electrons. The Labute approximate surface area is 197 Å². The van der Waals surface area contributed by atoms with Gasteiger partial charge in [0, 0.05) is 23.8 Å². The molecule has 0 saturated heterocycles. The zero-order valence-corrected chi connectivity index (χ0v) is 20.3. The molecular formula is C24H25BrN2O4S. The van der Waals surface area contributed by atoms with E-state index in [9.17, 15) is 13.2 Å². The van der Waals surface area contributed by atoms with Gasteiger partial charge in [-0.15, -0.1) is 0 Å². The van der Waals surface area contributed by atoms with Gasteiger partial charge in [0.2, 0.25) is 10.0 Å². The first kappa shape index (κ1) is 24.0. The van der Waals surface area contributed by atoms with Crippen LogP contribution in [0.2, 0.25) is 0 Å². The second kappa shape index (κ2) is 10.8. The van der Waals surface area contributed by atoms with Crippen LogP contribution in [0.25, 0.3) is 0 Å². The summed E-state index contributed by atoms with van der Waals surface area (Å²) in [4.78, 5) is 13.0. The topological polar surface area (TPSA) is 75.7 Å². The number of nitrogens with zero attached hydrogens (tertiary/aromatic N) is 1. The standard InChI is InChI=1S/C24H25BrN2O4S/c1-3-15-31-23-14-9-19(25)16-22(23)24(28)26-20-10-12-21(13-11-20)32(29,30)27(2)17-18-7-5-4-6-8-18/h4-14,16H,3,15,17H2,1-2H3,(H,26,28). The highest BCUT2D eigenvalue weighted by Crippen LogP contribution is 2.25. The number of carbonyl (C=O) groups excluding carboxylic acids is 1. The summed E-state index contributed by atoms with van der Waals surface area (Å²) in [6.45, 7) is 2.77. The molecule has 0 saturated carbocycles. The molecule has 1 amide bonds. The van der Waals surface area contributed by atoms with E-state index in [1.54, 1.807) is 31.3 Å². The minimum atomic E-state index is -3.66. The number of anilines is 1. The van der Waals surface area contributed by atoms with Gasteiger partial charge in [-0.05, 0) is 54.4 Å². The lowest BCUT2D eigenvalue weighted by Gasteiger charge is -2.17. The van der Waals surface area contributed by atoms with Crippen LogP contribution in [0.5, 0.6) is 5.75 Å². The van der Waals surface area contributed by atoms with Gasteiger partial charge in [0.15, 0.2) is 0 Å². The van der Waals surface area contributed by atoms with Crippen LogP contribution in [0.3, 0.4) is 0 Å². The van der Waals surface area contributed by atoms with Crippen molar-refractivity contribution in [3.8, 4) is 5.75 Å². The van der Waals surface area contributed by atoms with E-state index in [1.165, 1.54) is 16.4 Å². The quantitative estimate of drug-likeness (QED) is 0.418. The van der Waals surface area contributed by atoms with Crippen LogP contribution in [0.4, 0.5) is 5.69 Å². The number of ether oxygens (including phenoxy) is 1. The molecule has 6 nitrogen and oxygen atoms in total. The second-order valence-electron chi connectivity index (χ2n) is 7.21. The van der Waals surface area contributed by atoms with E-state index in [1.807, 2.05) is 43.3 Å². The number of carbonyl (C=O) groups is 1. The predicted molar refractivity (Wildman–Crippen MR) is 129 cm³/mol. The van der Waals surface area contributed by atoms with Gasteiger partial charge in [-0.3, -0.25) is 4.79 Å². The Hall–Kier alpha value is -2.68. The van der Waals surface area contributed by atoms with Gasteiger partial charge in [-0.1, -0.05) is 53.2 Å². The average Bonchev–Trinajstić information content (AvgIpc) is 2.79. The molecule has 0 aromatic heterocycles. The van der Waals surface area contributed by atoms with Crippen molar-refractivity contribution >= 4 is 37.5 Å². The molecule has 0 heterocycles. The Bertz CT molecular complexity index is 1170. The molecule has 0 radical (unpaired) electrons. The van der Waals surface area contributed by atoms with Crippen LogP contribution in [-0.4, -0.2) is 32.3 Å². The first-order valence-corrected chi connectivity index (χ1v) is 12.4. The van der Waals surface area contributed by atoms with E-state index in [0.717, 1.165) is 16.5 Å². The predicted octanol–water partition coefficient (Wildman–Crippen LogP) is 5.31. The Kier molecular flexibility index (Phi) is 8.06. The molecule has 3 aromatic rings. The van der Waals surface area contributed by atoms with Crippen LogP contribution in [0.15, 0.2) is 82.2 Å². The van der Waals surface area contributed by atoms with Gasteiger partial charge in [-0.25, -0.2) is 8.42 Å². The number of nitrogens with one attached hydrogen (secondary N) is 1. The summed E-state index contributed by atoms with van der Waals surface area (Å²) in [6.07, 6.45) is 0.825. The number of hydrogen-bond donors (Lipinski definition) is 1. The maximum atomic E-state index is 12.9. The van der Waals surface area contributed by atoms with Crippen LogP contribution < -0.4 is 10.1 Å². The lowest BCUT2D eigenvalue weighted by molar-refractivity contribution is 0.102. The van der Waals surface area contributed by atoms with Crippen molar-refractivity contribution in [2.75, 3.05) is 19.0 Å². The normalized spacial score (nSPS) is 11.4.